The first-order valence-corrected chi connectivity index (χ1v) is 10.7. The lowest BCUT2D eigenvalue weighted by Crippen LogP contribution is -2.43. The van der Waals surface area contributed by atoms with Crippen molar-refractivity contribution in [1.82, 2.24) is 0 Å². The molecule has 0 aromatic heterocycles. The zero-order valence-electron chi connectivity index (χ0n) is 19.1. The summed E-state index contributed by atoms with van der Waals surface area (Å²) in [5.41, 5.74) is 4.82. The molecule has 2 aromatic rings. The van der Waals surface area contributed by atoms with Crippen molar-refractivity contribution in [3.8, 4) is 0 Å². The fourth-order valence-corrected chi connectivity index (χ4v) is 3.97. The predicted octanol–water partition coefficient (Wildman–Crippen LogP) is 4.55. The third-order valence-corrected chi connectivity index (χ3v) is 5.54. The van der Waals surface area contributed by atoms with Gasteiger partial charge in [0.15, 0.2) is 5.76 Å². The highest BCUT2D eigenvalue weighted by atomic mass is 16.5. The van der Waals surface area contributed by atoms with Crippen LogP contribution in [0, 0.1) is 13.8 Å². The maximum absolute atomic E-state index is 13.4. The van der Waals surface area contributed by atoms with Crippen LogP contribution in [0.1, 0.15) is 37.5 Å². The molecule has 6 heteroatoms. The average Bonchev–Trinajstić information content (AvgIpc) is 2.75. The number of hydrogen-bond acceptors (Lipinski definition) is 5. The van der Waals surface area contributed by atoms with Gasteiger partial charge in [-0.3, -0.25) is 14.4 Å². The number of imide groups is 1. The maximum Gasteiger partial charge on any atom is 0.301 e. The minimum atomic E-state index is -0.654. The molecule has 0 aliphatic carbocycles. The Hall–Kier alpha value is -3.67. The Morgan fingerprint density at radius 3 is 2.03 bits per heavy atom. The molecule has 0 radical (unpaired) electrons. The Morgan fingerprint density at radius 1 is 0.906 bits per heavy atom. The zero-order chi connectivity index (χ0) is 23.4. The number of aryl methyl sites for hydroxylation is 2. The molecule has 6 nitrogen and oxygen atoms in total. The second kappa shape index (κ2) is 9.64. The highest BCUT2D eigenvalue weighted by Gasteiger charge is 2.38. The van der Waals surface area contributed by atoms with Crippen LogP contribution in [0.4, 0.5) is 11.4 Å². The van der Waals surface area contributed by atoms with Gasteiger partial charge in [-0.25, -0.2) is 4.90 Å². The average molecular weight is 433 g/mol. The molecule has 0 fully saturated rings. The summed E-state index contributed by atoms with van der Waals surface area (Å²) in [6.07, 6.45) is 1.72. The molecule has 0 atom stereocenters. The van der Waals surface area contributed by atoms with Gasteiger partial charge in [0.05, 0.1) is 5.69 Å². The summed E-state index contributed by atoms with van der Waals surface area (Å²) in [5, 5.41) is 0. The zero-order valence-corrected chi connectivity index (χ0v) is 19.1. The second-order valence-electron chi connectivity index (χ2n) is 7.78. The van der Waals surface area contributed by atoms with Gasteiger partial charge >= 0.3 is 5.91 Å². The van der Waals surface area contributed by atoms with Crippen LogP contribution in [-0.4, -0.2) is 31.4 Å². The molecule has 166 valence electrons. The molecule has 32 heavy (non-hydrogen) atoms. The van der Waals surface area contributed by atoms with Crippen LogP contribution in [-0.2, 0) is 19.1 Å². The van der Waals surface area contributed by atoms with E-state index in [1.165, 1.54) is 0 Å². The molecule has 0 saturated heterocycles. The monoisotopic (exact) mass is 432 g/mol. The Morgan fingerprint density at radius 2 is 1.50 bits per heavy atom. The molecule has 1 aliphatic rings. The van der Waals surface area contributed by atoms with Crippen molar-refractivity contribution < 1.29 is 19.1 Å². The highest BCUT2D eigenvalue weighted by molar-refractivity contribution is 6.30. The lowest BCUT2D eigenvalue weighted by atomic mass is 9.96. The molecule has 1 aliphatic heterocycles. The minimum Gasteiger partial charge on any atom is -0.422 e. The van der Waals surface area contributed by atoms with Crippen LogP contribution in [0.25, 0.3) is 6.08 Å². The van der Waals surface area contributed by atoms with E-state index in [1.807, 2.05) is 44.2 Å². The van der Waals surface area contributed by atoms with Gasteiger partial charge in [-0.2, -0.15) is 0 Å². The fraction of sp³-hybridized carbons (Fsp3) is 0.269. The number of benzene rings is 2. The molecule has 2 amide bonds. The topological polar surface area (TPSA) is 66.9 Å². The van der Waals surface area contributed by atoms with Crippen molar-refractivity contribution in [3.63, 3.8) is 0 Å². The van der Waals surface area contributed by atoms with Crippen LogP contribution in [0.2, 0.25) is 0 Å². The van der Waals surface area contributed by atoms with E-state index < -0.39 is 11.8 Å². The summed E-state index contributed by atoms with van der Waals surface area (Å²) in [4.78, 5) is 40.9. The van der Waals surface area contributed by atoms with Crippen molar-refractivity contribution in [2.45, 2.75) is 34.6 Å². The predicted molar refractivity (Wildman–Crippen MR) is 126 cm³/mol. The molecule has 1 heterocycles. The van der Waals surface area contributed by atoms with E-state index in [1.54, 1.807) is 25.1 Å². The van der Waals surface area contributed by atoms with E-state index in [0.29, 0.717) is 16.8 Å². The van der Waals surface area contributed by atoms with E-state index >= 15 is 0 Å². The van der Waals surface area contributed by atoms with Gasteiger partial charge in [-0.05, 0) is 81.7 Å². The first kappa shape index (κ1) is 23.0. The first-order valence-electron chi connectivity index (χ1n) is 10.7. The first-order chi connectivity index (χ1) is 15.3. The molecular weight excluding hydrogens is 404 g/mol. The molecule has 0 N–H and O–H groups in total. The summed E-state index contributed by atoms with van der Waals surface area (Å²) in [6.45, 7) is 11.6. The lowest BCUT2D eigenvalue weighted by molar-refractivity contribution is -0.133. The van der Waals surface area contributed by atoms with Crippen molar-refractivity contribution >= 4 is 35.7 Å². The number of amides is 2. The summed E-state index contributed by atoms with van der Waals surface area (Å²) in [7, 11) is 0. The van der Waals surface area contributed by atoms with Gasteiger partial charge in [0, 0.05) is 29.9 Å². The second-order valence-corrected chi connectivity index (χ2v) is 7.78. The maximum atomic E-state index is 13.4. The minimum absolute atomic E-state index is 0.148. The van der Waals surface area contributed by atoms with Gasteiger partial charge in [0.25, 0.3) is 12.4 Å². The summed E-state index contributed by atoms with van der Waals surface area (Å²) in [5.74, 6) is -1.26. The van der Waals surface area contributed by atoms with Gasteiger partial charge in [-0.1, -0.05) is 18.2 Å². The smallest absolute Gasteiger partial charge is 0.301 e. The molecule has 0 bridgehead atoms. The quantitative estimate of drug-likeness (QED) is 0.365. The SMILES string of the molecule is CCN(CC)c1ccc(/C=C2\C(=O)N(c3cc(C)cc(C)c3)C(=O)C(OC=O)=C2C)cc1. The number of anilines is 2. The van der Waals surface area contributed by atoms with Crippen LogP contribution in [0.3, 0.4) is 0 Å². The summed E-state index contributed by atoms with van der Waals surface area (Å²) in [6, 6.07) is 13.3. The van der Waals surface area contributed by atoms with E-state index in [-0.39, 0.29) is 12.2 Å². The van der Waals surface area contributed by atoms with E-state index in [9.17, 15) is 14.4 Å². The number of nitrogens with zero attached hydrogens (tertiary/aromatic N) is 2. The van der Waals surface area contributed by atoms with Crippen molar-refractivity contribution in [2.75, 3.05) is 22.9 Å². The van der Waals surface area contributed by atoms with Crippen molar-refractivity contribution in [1.29, 1.82) is 0 Å². The van der Waals surface area contributed by atoms with Crippen LogP contribution >= 0.6 is 0 Å². The number of rotatable bonds is 7. The Labute approximate surface area is 188 Å². The van der Waals surface area contributed by atoms with Crippen LogP contribution < -0.4 is 9.80 Å². The Bertz CT molecular complexity index is 1090. The van der Waals surface area contributed by atoms with E-state index in [2.05, 4.69) is 18.7 Å². The normalized spacial score (nSPS) is 15.4. The largest absolute Gasteiger partial charge is 0.422 e. The van der Waals surface area contributed by atoms with Crippen molar-refractivity contribution in [2.24, 2.45) is 0 Å². The lowest BCUT2D eigenvalue weighted by Gasteiger charge is -2.29. The summed E-state index contributed by atoms with van der Waals surface area (Å²) >= 11 is 0. The molecule has 0 saturated carbocycles. The molecule has 0 spiro atoms. The summed E-state index contributed by atoms with van der Waals surface area (Å²) < 4.78 is 5.02. The highest BCUT2D eigenvalue weighted by Crippen LogP contribution is 2.32. The van der Waals surface area contributed by atoms with Crippen LogP contribution in [0.15, 0.2) is 59.4 Å². The Kier molecular flexibility index (Phi) is 6.93. The number of carbonyl (C=O) groups excluding carboxylic acids is 3. The third kappa shape index (κ3) is 4.49. The molecule has 0 unspecified atom stereocenters. The van der Waals surface area contributed by atoms with E-state index in [0.717, 1.165) is 40.4 Å². The Balaban J connectivity index is 2.10. The van der Waals surface area contributed by atoms with Gasteiger partial charge < -0.3 is 9.64 Å². The van der Waals surface area contributed by atoms with Crippen LogP contribution in [0.5, 0.6) is 0 Å². The fourth-order valence-electron chi connectivity index (χ4n) is 3.97. The molecular formula is C26H28N2O4. The standard InChI is InChI=1S/C26H28N2O4/c1-6-27(7-2)21-10-8-20(9-11-21)15-23-19(5)24(32-16-29)26(31)28(25(23)30)22-13-17(3)12-18(4)14-22/h8-16H,6-7H2,1-5H3/b23-15-. The van der Waals surface area contributed by atoms with Crippen molar-refractivity contribution in [3.05, 3.63) is 76.1 Å². The molecule has 3 rings (SSSR count). The third-order valence-electron chi connectivity index (χ3n) is 5.54. The van der Waals surface area contributed by atoms with Gasteiger partial charge in [0.1, 0.15) is 0 Å². The van der Waals surface area contributed by atoms with E-state index in [4.69, 9.17) is 4.74 Å². The van der Waals surface area contributed by atoms with Gasteiger partial charge in [-0.15, -0.1) is 0 Å². The molecule has 2 aromatic carbocycles. The van der Waals surface area contributed by atoms with Gasteiger partial charge in [0.2, 0.25) is 0 Å². The number of carbonyl (C=O) groups is 3. The number of hydrogen-bond donors (Lipinski definition) is 0. The number of ether oxygens (including phenoxy) is 1.